The van der Waals surface area contributed by atoms with Gasteiger partial charge in [-0.3, -0.25) is 4.79 Å². The SMILES string of the molecule is Cc1cccc(N)c1C(=O)NCC1CCOC1. The predicted molar refractivity (Wildman–Crippen MR) is 66.9 cm³/mol. The predicted octanol–water partition coefficient (Wildman–Crippen LogP) is 1.34. The van der Waals surface area contributed by atoms with Crippen LogP contribution >= 0.6 is 0 Å². The molecule has 4 heteroatoms. The molecule has 0 radical (unpaired) electrons. The summed E-state index contributed by atoms with van der Waals surface area (Å²) in [7, 11) is 0. The Labute approximate surface area is 101 Å². The zero-order chi connectivity index (χ0) is 12.3. The summed E-state index contributed by atoms with van der Waals surface area (Å²) in [6, 6.07) is 5.50. The molecule has 1 aromatic rings. The molecule has 3 N–H and O–H groups in total. The number of carbonyl (C=O) groups excluding carboxylic acids is 1. The van der Waals surface area contributed by atoms with Crippen molar-refractivity contribution in [3.63, 3.8) is 0 Å². The fourth-order valence-corrected chi connectivity index (χ4v) is 2.07. The molecule has 1 atom stereocenters. The number of hydrogen-bond donors (Lipinski definition) is 2. The number of carbonyl (C=O) groups is 1. The first kappa shape index (κ1) is 11.9. The van der Waals surface area contributed by atoms with E-state index in [0.29, 0.717) is 23.7 Å². The van der Waals surface area contributed by atoms with Gasteiger partial charge in [0.25, 0.3) is 5.91 Å². The number of hydrogen-bond acceptors (Lipinski definition) is 3. The molecular weight excluding hydrogens is 216 g/mol. The molecule has 0 aromatic heterocycles. The smallest absolute Gasteiger partial charge is 0.253 e. The fourth-order valence-electron chi connectivity index (χ4n) is 2.07. The van der Waals surface area contributed by atoms with Crippen LogP contribution in [0.4, 0.5) is 5.69 Å². The third kappa shape index (κ3) is 2.77. The van der Waals surface area contributed by atoms with E-state index in [2.05, 4.69) is 5.32 Å². The molecule has 1 aliphatic heterocycles. The largest absolute Gasteiger partial charge is 0.398 e. The molecule has 0 spiro atoms. The number of nitrogen functional groups attached to an aromatic ring is 1. The molecule has 0 saturated carbocycles. The van der Waals surface area contributed by atoms with Crippen molar-refractivity contribution in [1.29, 1.82) is 0 Å². The number of nitrogens with two attached hydrogens (primary N) is 1. The van der Waals surface area contributed by atoms with Crippen LogP contribution in [0.5, 0.6) is 0 Å². The van der Waals surface area contributed by atoms with E-state index in [9.17, 15) is 4.79 Å². The van der Waals surface area contributed by atoms with Crippen molar-refractivity contribution >= 4 is 11.6 Å². The lowest BCUT2D eigenvalue weighted by Crippen LogP contribution is -2.30. The van der Waals surface area contributed by atoms with Crippen LogP contribution in [0.15, 0.2) is 18.2 Å². The van der Waals surface area contributed by atoms with E-state index < -0.39 is 0 Å². The molecule has 1 aliphatic rings. The van der Waals surface area contributed by atoms with Gasteiger partial charge in [0.1, 0.15) is 0 Å². The molecule has 1 saturated heterocycles. The van der Waals surface area contributed by atoms with Crippen LogP contribution in [0.3, 0.4) is 0 Å². The highest BCUT2D eigenvalue weighted by molar-refractivity contribution is 6.00. The molecular formula is C13H18N2O2. The Hall–Kier alpha value is -1.55. The van der Waals surface area contributed by atoms with Crippen molar-refractivity contribution in [1.82, 2.24) is 5.32 Å². The average Bonchev–Trinajstić information content (AvgIpc) is 2.79. The minimum Gasteiger partial charge on any atom is -0.398 e. The summed E-state index contributed by atoms with van der Waals surface area (Å²) < 4.78 is 5.27. The Balaban J connectivity index is 1.99. The Kier molecular flexibility index (Phi) is 3.64. The molecule has 0 aliphatic carbocycles. The van der Waals surface area contributed by atoms with Crippen LogP contribution in [0.2, 0.25) is 0 Å². The monoisotopic (exact) mass is 234 g/mol. The maximum atomic E-state index is 12.0. The minimum atomic E-state index is -0.0903. The molecule has 0 bridgehead atoms. The van der Waals surface area contributed by atoms with Gasteiger partial charge in [0.15, 0.2) is 0 Å². The summed E-state index contributed by atoms with van der Waals surface area (Å²) in [4.78, 5) is 12.0. The minimum absolute atomic E-state index is 0.0903. The third-order valence-corrected chi connectivity index (χ3v) is 3.11. The molecule has 17 heavy (non-hydrogen) atoms. The summed E-state index contributed by atoms with van der Waals surface area (Å²) in [6.45, 7) is 4.09. The van der Waals surface area contributed by atoms with Crippen molar-refractivity contribution in [3.8, 4) is 0 Å². The van der Waals surface area contributed by atoms with Gasteiger partial charge in [-0.1, -0.05) is 12.1 Å². The summed E-state index contributed by atoms with van der Waals surface area (Å²) in [6.07, 6.45) is 1.02. The van der Waals surface area contributed by atoms with Crippen molar-refractivity contribution < 1.29 is 9.53 Å². The van der Waals surface area contributed by atoms with Crippen molar-refractivity contribution in [2.45, 2.75) is 13.3 Å². The van der Waals surface area contributed by atoms with Crippen molar-refractivity contribution in [3.05, 3.63) is 29.3 Å². The number of ether oxygens (including phenoxy) is 1. The molecule has 4 nitrogen and oxygen atoms in total. The van der Waals surface area contributed by atoms with E-state index >= 15 is 0 Å². The molecule has 2 rings (SSSR count). The van der Waals surface area contributed by atoms with E-state index in [4.69, 9.17) is 10.5 Å². The summed E-state index contributed by atoms with van der Waals surface area (Å²) in [5.41, 5.74) is 7.85. The number of benzene rings is 1. The number of amides is 1. The summed E-state index contributed by atoms with van der Waals surface area (Å²) >= 11 is 0. The van der Waals surface area contributed by atoms with E-state index in [1.165, 1.54) is 0 Å². The summed E-state index contributed by atoms with van der Waals surface area (Å²) in [5, 5.41) is 2.92. The van der Waals surface area contributed by atoms with Crippen molar-refractivity contribution in [2.75, 3.05) is 25.5 Å². The van der Waals surface area contributed by atoms with Crippen LogP contribution in [-0.2, 0) is 4.74 Å². The van der Waals surface area contributed by atoms with Crippen LogP contribution < -0.4 is 11.1 Å². The van der Waals surface area contributed by atoms with Crippen LogP contribution in [0.25, 0.3) is 0 Å². The maximum absolute atomic E-state index is 12.0. The Morgan fingerprint density at radius 2 is 2.41 bits per heavy atom. The lowest BCUT2D eigenvalue weighted by atomic mass is 10.1. The third-order valence-electron chi connectivity index (χ3n) is 3.11. The molecule has 1 heterocycles. The molecule has 1 unspecified atom stereocenters. The Morgan fingerprint density at radius 3 is 3.06 bits per heavy atom. The lowest BCUT2D eigenvalue weighted by Gasteiger charge is -2.12. The topological polar surface area (TPSA) is 64.4 Å². The number of rotatable bonds is 3. The van der Waals surface area contributed by atoms with Gasteiger partial charge < -0.3 is 15.8 Å². The van der Waals surface area contributed by atoms with Gasteiger partial charge >= 0.3 is 0 Å². The highest BCUT2D eigenvalue weighted by atomic mass is 16.5. The molecule has 1 aromatic carbocycles. The van der Waals surface area contributed by atoms with Crippen LogP contribution in [0, 0.1) is 12.8 Å². The van der Waals surface area contributed by atoms with Crippen LogP contribution in [0.1, 0.15) is 22.3 Å². The van der Waals surface area contributed by atoms with E-state index in [0.717, 1.165) is 25.2 Å². The molecule has 1 amide bonds. The normalized spacial score (nSPS) is 19.2. The van der Waals surface area contributed by atoms with Gasteiger partial charge in [-0.25, -0.2) is 0 Å². The zero-order valence-corrected chi connectivity index (χ0v) is 10.0. The average molecular weight is 234 g/mol. The zero-order valence-electron chi connectivity index (χ0n) is 10.0. The number of nitrogens with one attached hydrogen (secondary N) is 1. The highest BCUT2D eigenvalue weighted by Gasteiger charge is 2.18. The first-order valence-corrected chi connectivity index (χ1v) is 5.89. The van der Waals surface area contributed by atoms with Crippen molar-refractivity contribution in [2.24, 2.45) is 5.92 Å². The first-order chi connectivity index (χ1) is 8.18. The van der Waals surface area contributed by atoms with E-state index in [1.54, 1.807) is 6.07 Å². The highest BCUT2D eigenvalue weighted by Crippen LogP contribution is 2.16. The molecule has 1 fully saturated rings. The van der Waals surface area contributed by atoms with Crippen LogP contribution in [-0.4, -0.2) is 25.7 Å². The molecule has 92 valence electrons. The van der Waals surface area contributed by atoms with Gasteiger partial charge in [-0.2, -0.15) is 0 Å². The van der Waals surface area contributed by atoms with E-state index in [-0.39, 0.29) is 5.91 Å². The van der Waals surface area contributed by atoms with Gasteiger partial charge in [0, 0.05) is 24.8 Å². The van der Waals surface area contributed by atoms with Gasteiger partial charge in [0.05, 0.1) is 12.2 Å². The van der Waals surface area contributed by atoms with Gasteiger partial charge in [0.2, 0.25) is 0 Å². The van der Waals surface area contributed by atoms with E-state index in [1.807, 2.05) is 19.1 Å². The Bertz CT molecular complexity index is 392. The second-order valence-corrected chi connectivity index (χ2v) is 4.48. The second kappa shape index (κ2) is 5.19. The summed E-state index contributed by atoms with van der Waals surface area (Å²) in [5.74, 6) is 0.344. The number of anilines is 1. The Morgan fingerprint density at radius 1 is 1.59 bits per heavy atom. The quantitative estimate of drug-likeness (QED) is 0.776. The second-order valence-electron chi connectivity index (χ2n) is 4.48. The van der Waals surface area contributed by atoms with Gasteiger partial charge in [-0.15, -0.1) is 0 Å². The maximum Gasteiger partial charge on any atom is 0.253 e. The van der Waals surface area contributed by atoms with Gasteiger partial charge in [-0.05, 0) is 25.0 Å². The first-order valence-electron chi connectivity index (χ1n) is 5.89. The standard InChI is InChI=1S/C13H18N2O2/c1-9-3-2-4-11(14)12(9)13(16)15-7-10-5-6-17-8-10/h2-4,10H,5-8,14H2,1H3,(H,15,16). The number of aryl methyl sites for hydroxylation is 1. The fraction of sp³-hybridized carbons (Fsp3) is 0.462. The lowest BCUT2D eigenvalue weighted by molar-refractivity contribution is 0.0945.